The van der Waals surface area contributed by atoms with Crippen molar-refractivity contribution in [2.45, 2.75) is 63.1 Å². The van der Waals surface area contributed by atoms with Crippen LogP contribution >= 0.6 is 11.6 Å². The molecule has 1 saturated carbocycles. The van der Waals surface area contributed by atoms with E-state index in [2.05, 4.69) is 44.9 Å². The van der Waals surface area contributed by atoms with Crippen molar-refractivity contribution in [2.24, 2.45) is 0 Å². The van der Waals surface area contributed by atoms with Gasteiger partial charge in [-0.25, -0.2) is 9.97 Å². The second-order valence-electron chi connectivity index (χ2n) is 10.4. The number of ether oxygens (including phenoxy) is 2. The van der Waals surface area contributed by atoms with Crippen LogP contribution in [0.15, 0.2) is 24.5 Å². The van der Waals surface area contributed by atoms with Crippen molar-refractivity contribution >= 4 is 34.1 Å². The van der Waals surface area contributed by atoms with Crippen LogP contribution in [-0.2, 0) is 9.47 Å². The number of methoxy groups -OCH3 is 1. The van der Waals surface area contributed by atoms with Crippen LogP contribution in [0.3, 0.4) is 0 Å². The quantitative estimate of drug-likeness (QED) is 0.522. The second-order valence-corrected chi connectivity index (χ2v) is 10.8. The number of aromatic nitrogens is 4. The Morgan fingerprint density at radius 2 is 1.97 bits per heavy atom. The molecule has 1 aliphatic carbocycles. The number of hydrogen-bond donors (Lipinski definition) is 1. The molecule has 6 rings (SSSR count). The minimum atomic E-state index is -0.0634. The lowest BCUT2D eigenvalue weighted by Crippen LogP contribution is -2.57. The molecular formula is C26H33ClN6O2. The zero-order valence-electron chi connectivity index (χ0n) is 20.6. The first-order valence-corrected chi connectivity index (χ1v) is 13.0. The molecule has 0 radical (unpaired) electrons. The van der Waals surface area contributed by atoms with Crippen LogP contribution in [-0.4, -0.2) is 69.7 Å². The van der Waals surface area contributed by atoms with Crippen LogP contribution in [0.1, 0.15) is 55.8 Å². The Labute approximate surface area is 211 Å². The van der Waals surface area contributed by atoms with Crippen LogP contribution in [0.4, 0.5) is 11.6 Å². The average molecular weight is 497 g/mol. The van der Waals surface area contributed by atoms with E-state index < -0.39 is 0 Å². The standard InChI is InChI=1S/C26H33ClN6O2/c1-16-23(13-29-33(16)19-4-5-19)31-25-28-12-18-10-21(27)20(11-22(18)30-25)17-6-8-32(9-7-17)26(2)15-35-14-24(26)34-3/h10-13,17,19,24H,4-9,14-15H2,1-3H3,(H,28,30,31)/t24-,26?/m1/s1. The predicted octanol–water partition coefficient (Wildman–Crippen LogP) is 4.85. The Bertz CT molecular complexity index is 1240. The number of anilines is 2. The minimum absolute atomic E-state index is 0.0634. The van der Waals surface area contributed by atoms with Gasteiger partial charge in [-0.2, -0.15) is 5.10 Å². The summed E-state index contributed by atoms with van der Waals surface area (Å²) in [6.45, 7) is 7.74. The fraction of sp³-hybridized carbons (Fsp3) is 0.577. The maximum absolute atomic E-state index is 6.77. The maximum atomic E-state index is 6.77. The van der Waals surface area contributed by atoms with Gasteiger partial charge in [0.05, 0.1) is 47.9 Å². The maximum Gasteiger partial charge on any atom is 0.227 e. The van der Waals surface area contributed by atoms with Crippen molar-refractivity contribution in [1.82, 2.24) is 24.6 Å². The fourth-order valence-electron chi connectivity index (χ4n) is 5.76. The third-order valence-electron chi connectivity index (χ3n) is 8.18. The predicted molar refractivity (Wildman–Crippen MR) is 137 cm³/mol. The fourth-order valence-corrected chi connectivity index (χ4v) is 6.08. The molecule has 3 aliphatic rings. The van der Waals surface area contributed by atoms with E-state index in [9.17, 15) is 0 Å². The summed E-state index contributed by atoms with van der Waals surface area (Å²) in [6.07, 6.45) is 8.33. The summed E-state index contributed by atoms with van der Waals surface area (Å²) in [5.74, 6) is 0.985. The lowest BCUT2D eigenvalue weighted by atomic mass is 9.85. The van der Waals surface area contributed by atoms with Crippen molar-refractivity contribution in [3.63, 3.8) is 0 Å². The van der Waals surface area contributed by atoms with Gasteiger partial charge >= 0.3 is 0 Å². The van der Waals surface area contributed by atoms with Gasteiger partial charge in [-0.05, 0) is 76.2 Å². The Hall–Kier alpha value is -2.26. The van der Waals surface area contributed by atoms with E-state index >= 15 is 0 Å². The number of hydrogen-bond acceptors (Lipinski definition) is 7. The molecule has 3 aromatic rings. The zero-order valence-corrected chi connectivity index (χ0v) is 21.4. The molecule has 4 heterocycles. The summed E-state index contributed by atoms with van der Waals surface area (Å²) in [5, 5.41) is 9.64. The number of benzene rings is 1. The van der Waals surface area contributed by atoms with Crippen molar-refractivity contribution in [1.29, 1.82) is 0 Å². The molecule has 0 amide bonds. The highest BCUT2D eigenvalue weighted by atomic mass is 35.5. The minimum Gasteiger partial charge on any atom is -0.377 e. The van der Waals surface area contributed by atoms with E-state index in [1.807, 2.05) is 18.5 Å². The molecule has 186 valence electrons. The van der Waals surface area contributed by atoms with Crippen LogP contribution in [0, 0.1) is 6.92 Å². The molecule has 35 heavy (non-hydrogen) atoms. The van der Waals surface area contributed by atoms with Crippen molar-refractivity contribution in [3.05, 3.63) is 40.8 Å². The SMILES string of the molecule is CO[C@@H]1COCC1(C)N1CCC(c2cc3nc(Nc4cnn(C5CC5)c4C)ncc3cc2Cl)CC1. The highest BCUT2D eigenvalue weighted by molar-refractivity contribution is 6.32. The van der Waals surface area contributed by atoms with E-state index in [1.54, 1.807) is 7.11 Å². The van der Waals surface area contributed by atoms with E-state index in [0.29, 0.717) is 24.5 Å². The number of fused-ring (bicyclic) bond motifs is 1. The highest BCUT2D eigenvalue weighted by Gasteiger charge is 2.46. The van der Waals surface area contributed by atoms with Gasteiger partial charge in [0.1, 0.15) is 6.10 Å². The molecule has 0 bridgehead atoms. The molecule has 2 aromatic heterocycles. The van der Waals surface area contributed by atoms with E-state index in [0.717, 1.165) is 59.8 Å². The van der Waals surface area contributed by atoms with Gasteiger partial charge in [0.2, 0.25) is 5.95 Å². The van der Waals surface area contributed by atoms with Crippen LogP contribution in [0.25, 0.3) is 10.9 Å². The number of piperidine rings is 1. The van der Waals surface area contributed by atoms with E-state index in [-0.39, 0.29) is 11.6 Å². The Morgan fingerprint density at radius 3 is 2.71 bits per heavy atom. The topological polar surface area (TPSA) is 77.3 Å². The summed E-state index contributed by atoms with van der Waals surface area (Å²) >= 11 is 6.77. The smallest absolute Gasteiger partial charge is 0.227 e. The highest BCUT2D eigenvalue weighted by Crippen LogP contribution is 2.39. The average Bonchev–Trinajstić information content (AvgIpc) is 3.54. The third-order valence-corrected chi connectivity index (χ3v) is 8.51. The molecule has 2 saturated heterocycles. The molecule has 1 aromatic carbocycles. The normalized spacial score (nSPS) is 26.0. The van der Waals surface area contributed by atoms with Crippen LogP contribution in [0.5, 0.6) is 0 Å². The van der Waals surface area contributed by atoms with Gasteiger partial charge < -0.3 is 14.8 Å². The second kappa shape index (κ2) is 9.00. The number of rotatable bonds is 6. The summed E-state index contributed by atoms with van der Waals surface area (Å²) in [7, 11) is 1.78. The Morgan fingerprint density at radius 1 is 1.17 bits per heavy atom. The molecule has 8 nitrogen and oxygen atoms in total. The molecule has 1 N–H and O–H groups in total. The monoisotopic (exact) mass is 496 g/mol. The van der Waals surface area contributed by atoms with Crippen molar-refractivity contribution in [3.8, 4) is 0 Å². The summed E-state index contributed by atoms with van der Waals surface area (Å²) in [4.78, 5) is 11.9. The number of nitrogens with one attached hydrogen (secondary N) is 1. The van der Waals surface area contributed by atoms with Gasteiger partial charge in [0, 0.05) is 23.7 Å². The molecule has 2 atom stereocenters. The molecule has 2 aliphatic heterocycles. The summed E-state index contributed by atoms with van der Waals surface area (Å²) in [5.41, 5.74) is 4.10. The molecule has 0 spiro atoms. The lowest BCUT2D eigenvalue weighted by molar-refractivity contribution is -0.0242. The van der Waals surface area contributed by atoms with Gasteiger partial charge in [0.25, 0.3) is 0 Å². The van der Waals surface area contributed by atoms with Crippen LogP contribution in [0.2, 0.25) is 5.02 Å². The van der Waals surface area contributed by atoms with Crippen molar-refractivity contribution in [2.75, 3.05) is 38.7 Å². The van der Waals surface area contributed by atoms with Gasteiger partial charge in [0.15, 0.2) is 0 Å². The van der Waals surface area contributed by atoms with Gasteiger partial charge in [-0.1, -0.05) is 11.6 Å². The van der Waals surface area contributed by atoms with Crippen LogP contribution < -0.4 is 5.32 Å². The molecule has 9 heteroatoms. The Kier molecular flexibility index (Phi) is 5.95. The zero-order chi connectivity index (χ0) is 24.2. The molecule has 1 unspecified atom stereocenters. The lowest BCUT2D eigenvalue weighted by Gasteiger charge is -2.44. The third kappa shape index (κ3) is 4.20. The number of halogens is 1. The summed E-state index contributed by atoms with van der Waals surface area (Å²) in [6, 6.07) is 4.71. The Balaban J connectivity index is 1.20. The summed E-state index contributed by atoms with van der Waals surface area (Å²) < 4.78 is 13.6. The largest absolute Gasteiger partial charge is 0.377 e. The number of likely N-dealkylation sites (tertiary alicyclic amines) is 1. The first-order chi connectivity index (χ1) is 17.0. The first-order valence-electron chi connectivity index (χ1n) is 12.6. The number of nitrogens with zero attached hydrogens (tertiary/aromatic N) is 5. The molecule has 3 fully saturated rings. The van der Waals surface area contributed by atoms with Crippen molar-refractivity contribution < 1.29 is 9.47 Å². The van der Waals surface area contributed by atoms with Gasteiger partial charge in [-0.3, -0.25) is 9.58 Å². The van der Waals surface area contributed by atoms with E-state index in [4.69, 9.17) is 26.1 Å². The first kappa shape index (κ1) is 23.2. The van der Waals surface area contributed by atoms with E-state index in [1.165, 1.54) is 18.4 Å². The van der Waals surface area contributed by atoms with Gasteiger partial charge in [-0.15, -0.1) is 0 Å². The molecular weight excluding hydrogens is 464 g/mol.